The Morgan fingerprint density at radius 3 is 2.81 bits per heavy atom. The molecule has 21 heavy (non-hydrogen) atoms. The van der Waals surface area contributed by atoms with Gasteiger partial charge in [0.05, 0.1) is 18.4 Å². The molecule has 0 saturated heterocycles. The van der Waals surface area contributed by atoms with Crippen molar-refractivity contribution < 1.29 is 4.79 Å². The molecule has 0 spiro atoms. The lowest BCUT2D eigenvalue weighted by molar-refractivity contribution is -0.121. The van der Waals surface area contributed by atoms with Crippen LogP contribution in [0.3, 0.4) is 0 Å². The largest absolute Gasteiger partial charge is 0.350 e. The van der Waals surface area contributed by atoms with Gasteiger partial charge in [-0.2, -0.15) is 0 Å². The molecule has 1 unspecified atom stereocenters. The molecule has 0 aliphatic carbocycles. The van der Waals surface area contributed by atoms with E-state index in [2.05, 4.69) is 15.3 Å². The number of aromatic nitrogens is 4. The molecule has 2 aromatic heterocycles. The lowest BCUT2D eigenvalue weighted by Gasteiger charge is -2.15. The van der Waals surface area contributed by atoms with Crippen LogP contribution in [0.5, 0.6) is 0 Å². The van der Waals surface area contributed by atoms with Gasteiger partial charge in [-0.25, -0.2) is 9.97 Å². The number of carbonyl (C=O) groups excluding carboxylic acids is 1. The molecule has 0 bridgehead atoms. The lowest BCUT2D eigenvalue weighted by atomic mass is 10.2. The minimum absolute atomic E-state index is 0.0301. The summed E-state index contributed by atoms with van der Waals surface area (Å²) in [5.74, 6) is 0.953. The third-order valence-corrected chi connectivity index (χ3v) is 4.25. The lowest BCUT2D eigenvalue weighted by Crippen LogP contribution is -2.26. The first kappa shape index (κ1) is 15.6. The molecule has 1 atom stereocenters. The highest BCUT2D eigenvalue weighted by Gasteiger charge is 2.13. The molecule has 0 aliphatic heterocycles. The number of hydrogen-bond acceptors (Lipinski definition) is 4. The van der Waals surface area contributed by atoms with Crippen LogP contribution >= 0.6 is 11.8 Å². The number of nitrogens with one attached hydrogen (secondary N) is 1. The van der Waals surface area contributed by atoms with Gasteiger partial charge in [0.15, 0.2) is 5.16 Å². The third-order valence-electron chi connectivity index (χ3n) is 3.51. The number of imidazole rings is 2. The maximum absolute atomic E-state index is 12.0. The van der Waals surface area contributed by atoms with E-state index in [9.17, 15) is 4.79 Å². The van der Waals surface area contributed by atoms with Gasteiger partial charge >= 0.3 is 0 Å². The molecule has 1 amide bonds. The smallest absolute Gasteiger partial charge is 0.222 e. The van der Waals surface area contributed by atoms with E-state index in [1.807, 2.05) is 42.5 Å². The second-order valence-corrected chi connectivity index (χ2v) is 5.78. The van der Waals surface area contributed by atoms with Gasteiger partial charge in [-0.1, -0.05) is 11.8 Å². The number of amides is 1. The summed E-state index contributed by atoms with van der Waals surface area (Å²) in [6, 6.07) is 0.0980. The predicted octanol–water partition coefficient (Wildman–Crippen LogP) is 1.91. The molecule has 0 aliphatic rings. The second-order valence-electron chi connectivity index (χ2n) is 5.01. The molecule has 114 valence electrons. The molecule has 7 heteroatoms. The van der Waals surface area contributed by atoms with Gasteiger partial charge in [0, 0.05) is 31.9 Å². The molecule has 0 aromatic carbocycles. The molecule has 0 fully saturated rings. The summed E-state index contributed by atoms with van der Waals surface area (Å²) in [6.07, 6.45) is 7.88. The summed E-state index contributed by atoms with van der Waals surface area (Å²) < 4.78 is 4.00. The van der Waals surface area contributed by atoms with Crippen LogP contribution in [0.1, 0.15) is 30.9 Å². The Hall–Kier alpha value is -1.76. The van der Waals surface area contributed by atoms with Gasteiger partial charge in [-0.05, 0) is 20.1 Å². The number of rotatable bonds is 6. The van der Waals surface area contributed by atoms with Crippen molar-refractivity contribution in [3.05, 3.63) is 30.1 Å². The highest BCUT2D eigenvalue weighted by molar-refractivity contribution is 7.98. The molecule has 6 nitrogen and oxygen atoms in total. The normalized spacial score (nSPS) is 12.4. The Morgan fingerprint density at radius 2 is 2.24 bits per heavy atom. The van der Waals surface area contributed by atoms with Gasteiger partial charge < -0.3 is 14.5 Å². The van der Waals surface area contributed by atoms with Gasteiger partial charge in [0.2, 0.25) is 5.91 Å². The summed E-state index contributed by atoms with van der Waals surface area (Å²) in [5, 5.41) is 3.89. The van der Waals surface area contributed by atoms with Crippen molar-refractivity contribution in [1.82, 2.24) is 24.4 Å². The maximum atomic E-state index is 12.0. The Bertz CT molecular complexity index is 619. The number of aryl methyl sites for hydroxylation is 1. The Morgan fingerprint density at radius 1 is 1.48 bits per heavy atom. The number of nitrogens with zero attached hydrogens (tertiary/aromatic N) is 4. The monoisotopic (exact) mass is 307 g/mol. The fourth-order valence-electron chi connectivity index (χ4n) is 2.26. The topological polar surface area (TPSA) is 64.7 Å². The quantitative estimate of drug-likeness (QED) is 0.828. The van der Waals surface area contributed by atoms with Crippen LogP contribution in [0.25, 0.3) is 0 Å². The molecule has 2 heterocycles. The van der Waals surface area contributed by atoms with Gasteiger partial charge in [-0.3, -0.25) is 4.79 Å². The fraction of sp³-hybridized carbons (Fsp3) is 0.500. The molecular formula is C14H21N5OS. The minimum Gasteiger partial charge on any atom is -0.350 e. The molecular weight excluding hydrogens is 286 g/mol. The first-order valence-electron chi connectivity index (χ1n) is 6.83. The fourth-order valence-corrected chi connectivity index (χ4v) is 2.81. The van der Waals surface area contributed by atoms with Crippen LogP contribution in [0.4, 0.5) is 0 Å². The average molecular weight is 307 g/mol. The maximum Gasteiger partial charge on any atom is 0.222 e. The van der Waals surface area contributed by atoms with E-state index in [-0.39, 0.29) is 11.9 Å². The molecule has 1 N–H and O–H groups in total. The van der Waals surface area contributed by atoms with Crippen molar-refractivity contribution in [3.63, 3.8) is 0 Å². The molecule has 2 rings (SSSR count). The minimum atomic E-state index is 0.0301. The first-order valence-corrected chi connectivity index (χ1v) is 8.06. The zero-order chi connectivity index (χ0) is 15.4. The number of carbonyl (C=O) groups is 1. The highest BCUT2D eigenvalue weighted by atomic mass is 32.2. The molecule has 0 radical (unpaired) electrons. The number of thioether (sulfide) groups is 1. The van der Waals surface area contributed by atoms with Crippen LogP contribution in [0.15, 0.2) is 23.7 Å². The third kappa shape index (κ3) is 3.66. The summed E-state index contributed by atoms with van der Waals surface area (Å²) in [6.45, 7) is 4.46. The van der Waals surface area contributed by atoms with Crippen molar-refractivity contribution in [3.8, 4) is 0 Å². The van der Waals surface area contributed by atoms with Crippen LogP contribution in [0.2, 0.25) is 0 Å². The number of hydrogen-bond donors (Lipinski definition) is 1. The van der Waals surface area contributed by atoms with Crippen molar-refractivity contribution in [2.45, 2.75) is 38.0 Å². The summed E-state index contributed by atoms with van der Waals surface area (Å²) in [7, 11) is 1.96. The van der Waals surface area contributed by atoms with Crippen molar-refractivity contribution in [1.29, 1.82) is 0 Å². The van der Waals surface area contributed by atoms with Gasteiger partial charge in [0.25, 0.3) is 0 Å². The van der Waals surface area contributed by atoms with Gasteiger partial charge in [-0.15, -0.1) is 0 Å². The van der Waals surface area contributed by atoms with Crippen molar-refractivity contribution in [2.24, 2.45) is 7.05 Å². The standard InChI is InChI=1S/C14H21N5OS/c1-10(19-6-5-15-11(19)2)7-13(20)16-8-12-9-17-14(21-4)18(12)3/h5-6,9-10H,7-8H2,1-4H3,(H,16,20). The zero-order valence-electron chi connectivity index (χ0n) is 12.8. The first-order chi connectivity index (χ1) is 10.0. The SMILES string of the molecule is CSc1ncc(CNC(=O)CC(C)n2ccnc2C)n1C. The summed E-state index contributed by atoms with van der Waals surface area (Å²) >= 11 is 1.59. The van der Waals surface area contributed by atoms with Gasteiger partial charge in [0.1, 0.15) is 5.82 Å². The zero-order valence-corrected chi connectivity index (χ0v) is 13.6. The average Bonchev–Trinajstić information content (AvgIpc) is 3.02. The van der Waals surface area contributed by atoms with E-state index in [0.29, 0.717) is 13.0 Å². The Kier molecular flexibility index (Phi) is 5.06. The molecule has 0 saturated carbocycles. The van der Waals surface area contributed by atoms with Crippen molar-refractivity contribution in [2.75, 3.05) is 6.26 Å². The highest BCUT2D eigenvalue weighted by Crippen LogP contribution is 2.14. The van der Waals surface area contributed by atoms with Crippen molar-refractivity contribution >= 4 is 17.7 Å². The van der Waals surface area contributed by atoms with E-state index < -0.39 is 0 Å². The Labute approximate surface area is 129 Å². The van der Waals surface area contributed by atoms with E-state index in [1.54, 1.807) is 24.2 Å². The van der Waals surface area contributed by atoms with E-state index >= 15 is 0 Å². The van der Waals surface area contributed by atoms with Crippen LogP contribution in [-0.4, -0.2) is 31.3 Å². The predicted molar refractivity (Wildman–Crippen MR) is 83.1 cm³/mol. The Balaban J connectivity index is 1.87. The van der Waals surface area contributed by atoms with Crippen LogP contribution in [-0.2, 0) is 18.4 Å². The molecule has 2 aromatic rings. The summed E-state index contributed by atoms with van der Waals surface area (Å²) in [5.41, 5.74) is 0.999. The summed E-state index contributed by atoms with van der Waals surface area (Å²) in [4.78, 5) is 20.5. The van der Waals surface area contributed by atoms with Crippen LogP contribution < -0.4 is 5.32 Å². The van der Waals surface area contributed by atoms with E-state index in [1.165, 1.54) is 0 Å². The second kappa shape index (κ2) is 6.80. The van der Waals surface area contributed by atoms with E-state index in [4.69, 9.17) is 0 Å². The van der Waals surface area contributed by atoms with Crippen LogP contribution in [0, 0.1) is 6.92 Å². The van der Waals surface area contributed by atoms with E-state index in [0.717, 1.165) is 16.7 Å².